The number of amides is 3. The van der Waals surface area contributed by atoms with Crippen molar-refractivity contribution in [3.05, 3.63) is 29.8 Å². The Hall–Kier alpha value is -2.37. The number of hydrogen-bond acceptors (Lipinski definition) is 3. The van der Waals surface area contributed by atoms with Crippen LogP contribution in [0.2, 0.25) is 0 Å². The van der Waals surface area contributed by atoms with Crippen molar-refractivity contribution in [1.29, 1.82) is 0 Å². The highest BCUT2D eigenvalue weighted by molar-refractivity contribution is 6.04. The maximum atomic E-state index is 12.3. The van der Waals surface area contributed by atoms with E-state index in [1.807, 2.05) is 31.2 Å². The maximum absolute atomic E-state index is 12.3. The van der Waals surface area contributed by atoms with Crippen LogP contribution in [-0.2, 0) is 14.4 Å². The van der Waals surface area contributed by atoms with Gasteiger partial charge < -0.3 is 15.5 Å². The van der Waals surface area contributed by atoms with Gasteiger partial charge in [-0.2, -0.15) is 0 Å². The summed E-state index contributed by atoms with van der Waals surface area (Å²) < 4.78 is 0. The van der Waals surface area contributed by atoms with Crippen LogP contribution in [0, 0.1) is 5.92 Å². The summed E-state index contributed by atoms with van der Waals surface area (Å²) in [5, 5.41) is 5.78. The standard InChI is InChI=1S/C17H21N3O3/c1-10-8-20(11(2)21)9-15(10)18-16(22)7-13-12-5-3-4-6-14(12)19-17(13)23/h3-6,10,13,15H,7-9H2,1-2H3,(H,18,22)(H,19,23). The van der Waals surface area contributed by atoms with Crippen LogP contribution >= 0.6 is 0 Å². The zero-order valence-corrected chi connectivity index (χ0v) is 13.3. The van der Waals surface area contributed by atoms with Crippen LogP contribution in [0.1, 0.15) is 31.7 Å². The summed E-state index contributed by atoms with van der Waals surface area (Å²) in [5.41, 5.74) is 1.66. The van der Waals surface area contributed by atoms with Gasteiger partial charge in [0, 0.05) is 32.1 Å². The molecule has 0 bridgehead atoms. The first kappa shape index (κ1) is 15.5. The second-order valence-corrected chi connectivity index (χ2v) is 6.41. The average Bonchev–Trinajstić information content (AvgIpc) is 3.01. The lowest BCUT2D eigenvalue weighted by atomic mass is 9.96. The molecular formula is C17H21N3O3. The van der Waals surface area contributed by atoms with E-state index in [2.05, 4.69) is 10.6 Å². The fraction of sp³-hybridized carbons (Fsp3) is 0.471. The van der Waals surface area contributed by atoms with E-state index in [1.54, 1.807) is 4.90 Å². The molecule has 3 unspecified atom stereocenters. The second kappa shape index (κ2) is 6.02. The van der Waals surface area contributed by atoms with Gasteiger partial charge in [-0.3, -0.25) is 14.4 Å². The number of carbonyl (C=O) groups is 3. The third kappa shape index (κ3) is 3.06. The minimum absolute atomic E-state index is 0.0256. The average molecular weight is 315 g/mol. The van der Waals surface area contributed by atoms with Crippen molar-refractivity contribution in [2.45, 2.75) is 32.2 Å². The van der Waals surface area contributed by atoms with Crippen LogP contribution in [0.3, 0.4) is 0 Å². The lowest BCUT2D eigenvalue weighted by molar-refractivity contribution is -0.128. The van der Waals surface area contributed by atoms with Crippen molar-refractivity contribution in [2.24, 2.45) is 5.92 Å². The number of carbonyl (C=O) groups excluding carboxylic acids is 3. The largest absolute Gasteiger partial charge is 0.351 e. The number of rotatable bonds is 3. The molecule has 2 heterocycles. The topological polar surface area (TPSA) is 78.5 Å². The van der Waals surface area contributed by atoms with Gasteiger partial charge in [-0.25, -0.2) is 0 Å². The number of anilines is 1. The van der Waals surface area contributed by atoms with Crippen molar-refractivity contribution in [3.8, 4) is 0 Å². The molecule has 2 aliphatic heterocycles. The first-order chi connectivity index (χ1) is 11.0. The van der Waals surface area contributed by atoms with Gasteiger partial charge in [-0.1, -0.05) is 25.1 Å². The molecule has 6 nitrogen and oxygen atoms in total. The zero-order valence-electron chi connectivity index (χ0n) is 13.3. The molecule has 3 rings (SSSR count). The third-order valence-electron chi connectivity index (χ3n) is 4.70. The molecule has 1 aromatic rings. The van der Waals surface area contributed by atoms with Crippen molar-refractivity contribution in [1.82, 2.24) is 10.2 Å². The van der Waals surface area contributed by atoms with Gasteiger partial charge in [0.1, 0.15) is 0 Å². The van der Waals surface area contributed by atoms with Crippen LogP contribution in [0.25, 0.3) is 0 Å². The smallest absolute Gasteiger partial charge is 0.232 e. The Kier molecular flexibility index (Phi) is 4.07. The van der Waals surface area contributed by atoms with Gasteiger partial charge in [-0.15, -0.1) is 0 Å². The molecule has 2 N–H and O–H groups in total. The van der Waals surface area contributed by atoms with Crippen LogP contribution in [0.15, 0.2) is 24.3 Å². The highest BCUT2D eigenvalue weighted by atomic mass is 16.2. The minimum atomic E-state index is -0.438. The van der Waals surface area contributed by atoms with E-state index in [1.165, 1.54) is 6.92 Å². The Morgan fingerprint density at radius 1 is 1.30 bits per heavy atom. The third-order valence-corrected chi connectivity index (χ3v) is 4.70. The molecular weight excluding hydrogens is 294 g/mol. The first-order valence-electron chi connectivity index (χ1n) is 7.90. The Morgan fingerprint density at radius 2 is 2.04 bits per heavy atom. The normalized spacial score (nSPS) is 25.9. The van der Waals surface area contributed by atoms with E-state index in [4.69, 9.17) is 0 Å². The summed E-state index contributed by atoms with van der Waals surface area (Å²) >= 11 is 0. The van der Waals surface area contributed by atoms with E-state index >= 15 is 0 Å². The SMILES string of the molecule is CC(=O)N1CC(C)C(NC(=O)CC2C(=O)Nc3ccccc32)C1. The number of nitrogens with one attached hydrogen (secondary N) is 2. The summed E-state index contributed by atoms with van der Waals surface area (Å²) in [6.07, 6.45) is 0.131. The summed E-state index contributed by atoms with van der Waals surface area (Å²) in [7, 11) is 0. The van der Waals surface area contributed by atoms with E-state index < -0.39 is 5.92 Å². The van der Waals surface area contributed by atoms with Crippen LogP contribution in [0.4, 0.5) is 5.69 Å². The van der Waals surface area contributed by atoms with Gasteiger partial charge in [0.2, 0.25) is 17.7 Å². The van der Waals surface area contributed by atoms with Gasteiger partial charge in [0.15, 0.2) is 0 Å². The molecule has 2 aliphatic rings. The molecule has 1 fully saturated rings. The number of benzene rings is 1. The Balaban J connectivity index is 1.62. The van der Waals surface area contributed by atoms with Crippen molar-refractivity contribution < 1.29 is 14.4 Å². The molecule has 1 saturated heterocycles. The number of hydrogen-bond donors (Lipinski definition) is 2. The van der Waals surface area contributed by atoms with Crippen LogP contribution < -0.4 is 10.6 Å². The summed E-state index contributed by atoms with van der Waals surface area (Å²) in [6.45, 7) is 4.75. The number of fused-ring (bicyclic) bond motifs is 1. The molecule has 3 amide bonds. The van der Waals surface area contributed by atoms with Gasteiger partial charge in [0.25, 0.3) is 0 Å². The quantitative estimate of drug-likeness (QED) is 0.876. The number of para-hydroxylation sites is 1. The fourth-order valence-corrected chi connectivity index (χ4v) is 3.34. The predicted octanol–water partition coefficient (Wildman–Crippen LogP) is 1.10. The van der Waals surface area contributed by atoms with Gasteiger partial charge in [0.05, 0.1) is 12.0 Å². The van der Waals surface area contributed by atoms with Gasteiger partial charge >= 0.3 is 0 Å². The van der Waals surface area contributed by atoms with E-state index in [0.717, 1.165) is 11.3 Å². The molecule has 0 radical (unpaired) electrons. The van der Waals surface area contributed by atoms with Crippen molar-refractivity contribution in [3.63, 3.8) is 0 Å². The number of nitrogens with zero attached hydrogens (tertiary/aromatic N) is 1. The lowest BCUT2D eigenvalue weighted by Gasteiger charge is -2.17. The number of likely N-dealkylation sites (tertiary alicyclic amines) is 1. The van der Waals surface area contributed by atoms with Crippen LogP contribution in [-0.4, -0.2) is 41.8 Å². The van der Waals surface area contributed by atoms with E-state index in [0.29, 0.717) is 13.1 Å². The predicted molar refractivity (Wildman–Crippen MR) is 85.8 cm³/mol. The molecule has 0 spiro atoms. The molecule has 0 saturated carbocycles. The summed E-state index contributed by atoms with van der Waals surface area (Å²) in [6, 6.07) is 7.40. The summed E-state index contributed by atoms with van der Waals surface area (Å²) in [4.78, 5) is 37.6. The van der Waals surface area contributed by atoms with E-state index in [9.17, 15) is 14.4 Å². The molecule has 1 aromatic carbocycles. The molecule has 3 atom stereocenters. The second-order valence-electron chi connectivity index (χ2n) is 6.41. The molecule has 23 heavy (non-hydrogen) atoms. The maximum Gasteiger partial charge on any atom is 0.232 e. The molecule has 0 aliphatic carbocycles. The Morgan fingerprint density at radius 3 is 2.74 bits per heavy atom. The van der Waals surface area contributed by atoms with Crippen molar-refractivity contribution >= 4 is 23.4 Å². The van der Waals surface area contributed by atoms with Gasteiger partial charge in [-0.05, 0) is 17.5 Å². The van der Waals surface area contributed by atoms with E-state index in [-0.39, 0.29) is 36.1 Å². The highest BCUT2D eigenvalue weighted by Gasteiger charge is 2.35. The lowest BCUT2D eigenvalue weighted by Crippen LogP contribution is -2.41. The minimum Gasteiger partial charge on any atom is -0.351 e. The highest BCUT2D eigenvalue weighted by Crippen LogP contribution is 2.34. The van der Waals surface area contributed by atoms with Crippen molar-refractivity contribution in [2.75, 3.05) is 18.4 Å². The first-order valence-corrected chi connectivity index (χ1v) is 7.90. The molecule has 6 heteroatoms. The summed E-state index contributed by atoms with van der Waals surface area (Å²) in [5.74, 6) is -0.479. The molecule has 0 aromatic heterocycles. The van der Waals surface area contributed by atoms with Crippen LogP contribution in [0.5, 0.6) is 0 Å². The zero-order chi connectivity index (χ0) is 16.6. The Labute approximate surface area is 135 Å². The Bertz CT molecular complexity index is 658. The monoisotopic (exact) mass is 315 g/mol. The fourth-order valence-electron chi connectivity index (χ4n) is 3.34. The molecule has 122 valence electrons.